The Balaban J connectivity index is 1.45. The molecule has 0 saturated carbocycles. The Morgan fingerprint density at radius 3 is 2.46 bits per heavy atom. The Labute approximate surface area is 207 Å². The van der Waals surface area contributed by atoms with E-state index in [0.29, 0.717) is 11.3 Å². The maximum absolute atomic E-state index is 13.6. The number of hydrogen-bond acceptors (Lipinski definition) is 4. The van der Waals surface area contributed by atoms with E-state index in [1.54, 1.807) is 4.90 Å². The van der Waals surface area contributed by atoms with E-state index in [1.165, 1.54) is 0 Å². The number of hydrogen-bond donors (Lipinski definition) is 1. The molecule has 7 nitrogen and oxygen atoms in total. The van der Waals surface area contributed by atoms with Crippen LogP contribution in [0.2, 0.25) is 0 Å². The van der Waals surface area contributed by atoms with E-state index in [1.807, 2.05) is 55.1 Å². The van der Waals surface area contributed by atoms with Gasteiger partial charge in [0, 0.05) is 30.9 Å². The number of fused-ring (bicyclic) bond motifs is 3. The van der Waals surface area contributed by atoms with E-state index in [-0.39, 0.29) is 30.3 Å². The van der Waals surface area contributed by atoms with E-state index in [9.17, 15) is 14.4 Å². The number of piperidine rings is 2. The number of carbonyl (C=O) groups excluding carboxylic acids is 3. The number of aryl methyl sites for hydroxylation is 2. The van der Waals surface area contributed by atoms with Crippen LogP contribution in [0.4, 0.5) is 17.1 Å². The molecule has 0 aliphatic carbocycles. The first-order valence-electron chi connectivity index (χ1n) is 12.8. The van der Waals surface area contributed by atoms with Crippen molar-refractivity contribution in [3.8, 4) is 0 Å². The van der Waals surface area contributed by atoms with Crippen molar-refractivity contribution in [3.63, 3.8) is 0 Å². The number of likely N-dealkylation sites (tertiary alicyclic amines) is 1. The van der Waals surface area contributed by atoms with Gasteiger partial charge < -0.3 is 15.1 Å². The summed E-state index contributed by atoms with van der Waals surface area (Å²) in [5.41, 5.74) is 5.03. The maximum Gasteiger partial charge on any atom is 0.253 e. The zero-order valence-corrected chi connectivity index (χ0v) is 20.7. The third-order valence-electron chi connectivity index (χ3n) is 7.48. The molecule has 3 aliphatic rings. The SMILES string of the molecule is Cc1ccc(NC(=O)CN2C(=O)C3CCCCN3c3ccc(C(=O)N4CCCCC4)cc32)c(C)c1. The first kappa shape index (κ1) is 23.4. The Bertz CT molecular complexity index is 1150. The normalized spacial score (nSPS) is 19.8. The lowest BCUT2D eigenvalue weighted by Gasteiger charge is -2.45. The molecule has 3 amide bonds. The lowest BCUT2D eigenvalue weighted by molar-refractivity contribution is -0.123. The summed E-state index contributed by atoms with van der Waals surface area (Å²) in [7, 11) is 0. The molecule has 1 N–H and O–H groups in total. The van der Waals surface area contributed by atoms with Gasteiger partial charge in [0.15, 0.2) is 0 Å². The highest BCUT2D eigenvalue weighted by atomic mass is 16.2. The molecule has 3 heterocycles. The van der Waals surface area contributed by atoms with Crippen LogP contribution in [0.15, 0.2) is 36.4 Å². The summed E-state index contributed by atoms with van der Waals surface area (Å²) in [6, 6.07) is 11.3. The molecule has 0 aromatic heterocycles. The minimum atomic E-state index is -0.256. The van der Waals surface area contributed by atoms with Crippen LogP contribution in [0.3, 0.4) is 0 Å². The maximum atomic E-state index is 13.6. The van der Waals surface area contributed by atoms with Crippen molar-refractivity contribution in [2.24, 2.45) is 0 Å². The van der Waals surface area contributed by atoms with Crippen LogP contribution in [0.1, 0.15) is 60.0 Å². The molecule has 2 fully saturated rings. The molecule has 5 rings (SSSR count). The molecule has 2 aromatic carbocycles. The highest BCUT2D eigenvalue weighted by Gasteiger charge is 2.40. The first-order chi connectivity index (χ1) is 16.9. The molecular formula is C28H34N4O3. The van der Waals surface area contributed by atoms with Crippen LogP contribution in [0.5, 0.6) is 0 Å². The van der Waals surface area contributed by atoms with Gasteiger partial charge in [-0.3, -0.25) is 19.3 Å². The highest BCUT2D eigenvalue weighted by molar-refractivity contribution is 6.11. The number of rotatable bonds is 4. The summed E-state index contributed by atoms with van der Waals surface area (Å²) in [4.78, 5) is 45.6. The Kier molecular flexibility index (Phi) is 6.50. The molecular weight excluding hydrogens is 440 g/mol. The van der Waals surface area contributed by atoms with E-state index < -0.39 is 0 Å². The van der Waals surface area contributed by atoms with Crippen LogP contribution < -0.4 is 15.1 Å². The van der Waals surface area contributed by atoms with Gasteiger partial charge in [-0.1, -0.05) is 17.7 Å². The fraction of sp³-hybridized carbons (Fsp3) is 0.464. The Morgan fingerprint density at radius 1 is 0.914 bits per heavy atom. The van der Waals surface area contributed by atoms with Crippen molar-refractivity contribution < 1.29 is 14.4 Å². The van der Waals surface area contributed by atoms with Crippen LogP contribution in [0, 0.1) is 13.8 Å². The standard InChI is InChI=1S/C28H34N4O3/c1-19-9-11-22(20(2)16-19)29-26(33)18-32-25-17-21(27(34)30-13-5-3-6-14-30)10-12-23(25)31-15-7-4-8-24(31)28(32)35/h9-12,16-17,24H,3-8,13-15,18H2,1-2H3,(H,29,33). The summed E-state index contributed by atoms with van der Waals surface area (Å²) >= 11 is 0. The van der Waals surface area contributed by atoms with Crippen LogP contribution in [-0.4, -0.2) is 54.8 Å². The summed E-state index contributed by atoms with van der Waals surface area (Å²) in [5.74, 6) is -0.302. The molecule has 184 valence electrons. The summed E-state index contributed by atoms with van der Waals surface area (Å²) in [6.07, 6.45) is 6.01. The fourth-order valence-corrected chi connectivity index (χ4v) is 5.62. The van der Waals surface area contributed by atoms with Gasteiger partial charge in [0.25, 0.3) is 5.91 Å². The van der Waals surface area contributed by atoms with Crippen molar-refractivity contribution in [3.05, 3.63) is 53.1 Å². The molecule has 2 saturated heterocycles. The third kappa shape index (κ3) is 4.64. The van der Waals surface area contributed by atoms with Gasteiger partial charge in [0.05, 0.1) is 11.4 Å². The first-order valence-corrected chi connectivity index (χ1v) is 12.8. The average molecular weight is 475 g/mol. The molecule has 0 spiro atoms. The van der Waals surface area contributed by atoms with Crippen molar-refractivity contribution in [2.45, 2.75) is 58.4 Å². The van der Waals surface area contributed by atoms with Gasteiger partial charge in [-0.25, -0.2) is 0 Å². The van der Waals surface area contributed by atoms with E-state index in [2.05, 4.69) is 10.2 Å². The highest BCUT2D eigenvalue weighted by Crippen LogP contribution is 2.40. The minimum absolute atomic E-state index is 0.000369. The number of nitrogens with one attached hydrogen (secondary N) is 1. The molecule has 0 bridgehead atoms. The second-order valence-corrected chi connectivity index (χ2v) is 10.1. The fourth-order valence-electron chi connectivity index (χ4n) is 5.62. The molecule has 1 unspecified atom stereocenters. The third-order valence-corrected chi connectivity index (χ3v) is 7.48. The topological polar surface area (TPSA) is 73.0 Å². The summed E-state index contributed by atoms with van der Waals surface area (Å²) in [5, 5.41) is 2.98. The number of carbonyl (C=O) groups is 3. The van der Waals surface area contributed by atoms with Crippen molar-refractivity contribution >= 4 is 34.8 Å². The average Bonchev–Trinajstić information content (AvgIpc) is 2.88. The molecule has 35 heavy (non-hydrogen) atoms. The molecule has 1 atom stereocenters. The Morgan fingerprint density at radius 2 is 1.69 bits per heavy atom. The van der Waals surface area contributed by atoms with Crippen LogP contribution >= 0.6 is 0 Å². The number of amides is 3. The van der Waals surface area contributed by atoms with Gasteiger partial charge in [0.1, 0.15) is 12.6 Å². The van der Waals surface area contributed by atoms with Crippen molar-refractivity contribution in [1.29, 1.82) is 0 Å². The van der Waals surface area contributed by atoms with Crippen LogP contribution in [-0.2, 0) is 9.59 Å². The number of nitrogens with zero attached hydrogens (tertiary/aromatic N) is 3. The molecule has 0 radical (unpaired) electrons. The summed E-state index contributed by atoms with van der Waals surface area (Å²) < 4.78 is 0. The second-order valence-electron chi connectivity index (χ2n) is 10.1. The Hall–Kier alpha value is -3.35. The van der Waals surface area contributed by atoms with Gasteiger partial charge in [-0.2, -0.15) is 0 Å². The van der Waals surface area contributed by atoms with Gasteiger partial charge >= 0.3 is 0 Å². The minimum Gasteiger partial charge on any atom is -0.358 e. The van der Waals surface area contributed by atoms with Crippen LogP contribution in [0.25, 0.3) is 0 Å². The number of benzene rings is 2. The quantitative estimate of drug-likeness (QED) is 0.718. The largest absolute Gasteiger partial charge is 0.358 e. The van der Waals surface area contributed by atoms with E-state index in [0.717, 1.165) is 80.7 Å². The van der Waals surface area contributed by atoms with Crippen molar-refractivity contribution in [1.82, 2.24) is 4.90 Å². The lowest BCUT2D eigenvalue weighted by atomic mass is 9.95. The van der Waals surface area contributed by atoms with E-state index >= 15 is 0 Å². The predicted molar refractivity (Wildman–Crippen MR) is 138 cm³/mol. The smallest absolute Gasteiger partial charge is 0.253 e. The molecule has 7 heteroatoms. The van der Waals surface area contributed by atoms with Gasteiger partial charge in [-0.05, 0) is 82.2 Å². The molecule has 2 aromatic rings. The second kappa shape index (κ2) is 9.72. The van der Waals surface area contributed by atoms with E-state index in [4.69, 9.17) is 0 Å². The van der Waals surface area contributed by atoms with Gasteiger partial charge in [-0.15, -0.1) is 0 Å². The number of anilines is 3. The zero-order valence-electron chi connectivity index (χ0n) is 20.7. The van der Waals surface area contributed by atoms with Gasteiger partial charge in [0.2, 0.25) is 11.8 Å². The lowest BCUT2D eigenvalue weighted by Crippen LogP contribution is -2.56. The molecule has 3 aliphatic heterocycles. The summed E-state index contributed by atoms with van der Waals surface area (Å²) in [6.45, 7) is 6.25. The monoisotopic (exact) mass is 474 g/mol. The zero-order chi connectivity index (χ0) is 24.5. The predicted octanol–water partition coefficient (Wildman–Crippen LogP) is 4.27. The van der Waals surface area contributed by atoms with Crippen molar-refractivity contribution in [2.75, 3.05) is 41.3 Å².